The summed E-state index contributed by atoms with van der Waals surface area (Å²) in [6.07, 6.45) is 0. The molecule has 0 saturated carbocycles. The summed E-state index contributed by atoms with van der Waals surface area (Å²) in [6, 6.07) is 0. The number of amides is 1. The fourth-order valence-corrected chi connectivity index (χ4v) is 3.63. The van der Waals surface area contributed by atoms with E-state index in [4.69, 9.17) is 15.0 Å². The molecule has 0 aromatic heterocycles. The molecule has 2 aliphatic rings. The smallest absolute Gasteiger partial charge is 0.269 e. The van der Waals surface area contributed by atoms with Crippen molar-refractivity contribution in [2.75, 3.05) is 26.6 Å². The maximum Gasteiger partial charge on any atom is 0.269 e. The Balaban J connectivity index is 2.43. The first-order chi connectivity index (χ1) is 9.53. The standard InChI is InChI=1S/C10H12N4O5S/c1-18-3-5-4-20-9-10(19-2,12-13-11)8(17)14(9)6(5)7(15)16/h9H,3-4H2,1-2H3,(H,15,16)/p-1/t9-,10+/m1/s1. The van der Waals surface area contributed by atoms with E-state index in [1.54, 1.807) is 0 Å². The van der Waals surface area contributed by atoms with Crippen LogP contribution >= 0.6 is 11.8 Å². The molecule has 1 fully saturated rings. The van der Waals surface area contributed by atoms with Gasteiger partial charge in [0.2, 0.25) is 0 Å². The number of methoxy groups -OCH3 is 2. The van der Waals surface area contributed by atoms with E-state index in [0.29, 0.717) is 11.3 Å². The van der Waals surface area contributed by atoms with Crippen LogP contribution in [0.25, 0.3) is 10.4 Å². The maximum atomic E-state index is 12.2. The van der Waals surface area contributed by atoms with Crippen LogP contribution in [0, 0.1) is 0 Å². The molecule has 9 nitrogen and oxygen atoms in total. The molecule has 1 saturated heterocycles. The summed E-state index contributed by atoms with van der Waals surface area (Å²) >= 11 is 1.24. The van der Waals surface area contributed by atoms with E-state index >= 15 is 0 Å². The summed E-state index contributed by atoms with van der Waals surface area (Å²) in [5, 5.41) is 13.9. The molecule has 0 aromatic carbocycles. The lowest BCUT2D eigenvalue weighted by Gasteiger charge is -2.54. The summed E-state index contributed by atoms with van der Waals surface area (Å²) in [7, 11) is 2.66. The highest BCUT2D eigenvalue weighted by atomic mass is 32.2. The van der Waals surface area contributed by atoms with Crippen LogP contribution in [0.4, 0.5) is 0 Å². The van der Waals surface area contributed by atoms with Crippen molar-refractivity contribution in [1.82, 2.24) is 4.90 Å². The molecular weight excluding hydrogens is 288 g/mol. The van der Waals surface area contributed by atoms with E-state index in [0.717, 1.165) is 4.90 Å². The molecule has 0 N–H and O–H groups in total. The monoisotopic (exact) mass is 299 g/mol. The zero-order valence-corrected chi connectivity index (χ0v) is 11.5. The fraction of sp³-hybridized carbons (Fsp3) is 0.600. The minimum Gasteiger partial charge on any atom is -0.543 e. The third kappa shape index (κ3) is 1.85. The number of aliphatic carboxylic acids is 1. The number of azide groups is 1. The number of carbonyl (C=O) groups is 2. The molecule has 0 unspecified atom stereocenters. The molecule has 0 aromatic rings. The molecule has 0 aliphatic carbocycles. The van der Waals surface area contributed by atoms with E-state index in [2.05, 4.69) is 10.0 Å². The number of hydrogen-bond donors (Lipinski definition) is 0. The highest BCUT2D eigenvalue weighted by Gasteiger charge is 2.64. The molecule has 2 aliphatic heterocycles. The Hall–Kier alpha value is -1.74. The molecule has 1 amide bonds. The molecule has 10 heteroatoms. The van der Waals surface area contributed by atoms with Crippen molar-refractivity contribution < 1.29 is 24.2 Å². The van der Waals surface area contributed by atoms with Crippen molar-refractivity contribution in [1.29, 1.82) is 0 Å². The summed E-state index contributed by atoms with van der Waals surface area (Å²) < 4.78 is 9.94. The van der Waals surface area contributed by atoms with Gasteiger partial charge in [-0.05, 0) is 16.2 Å². The first-order valence-corrected chi connectivity index (χ1v) is 6.57. The minimum absolute atomic E-state index is 0.0777. The van der Waals surface area contributed by atoms with Gasteiger partial charge in [-0.3, -0.25) is 9.69 Å². The van der Waals surface area contributed by atoms with E-state index in [1.165, 1.54) is 26.0 Å². The second-order valence-corrected chi connectivity index (χ2v) is 5.17. The molecule has 0 radical (unpaired) electrons. The fourth-order valence-electron chi connectivity index (χ4n) is 2.23. The average molecular weight is 299 g/mol. The Labute approximate surface area is 118 Å². The number of rotatable bonds is 5. The second kappa shape index (κ2) is 5.33. The predicted octanol–water partition coefficient (Wildman–Crippen LogP) is -0.795. The quantitative estimate of drug-likeness (QED) is 0.283. The Bertz CT molecular complexity index is 544. The first-order valence-electron chi connectivity index (χ1n) is 5.52. The molecule has 2 heterocycles. The van der Waals surface area contributed by atoms with Crippen molar-refractivity contribution in [3.63, 3.8) is 0 Å². The van der Waals surface area contributed by atoms with E-state index in [-0.39, 0.29) is 12.3 Å². The lowest BCUT2D eigenvalue weighted by atomic mass is 9.99. The van der Waals surface area contributed by atoms with Crippen LogP contribution in [-0.4, -0.2) is 54.5 Å². The Morgan fingerprint density at radius 2 is 2.40 bits per heavy atom. The largest absolute Gasteiger partial charge is 0.543 e. The summed E-state index contributed by atoms with van der Waals surface area (Å²) in [4.78, 5) is 27.0. The van der Waals surface area contributed by atoms with Gasteiger partial charge < -0.3 is 19.4 Å². The number of nitrogens with zero attached hydrogens (tertiary/aromatic N) is 4. The Morgan fingerprint density at radius 3 is 2.90 bits per heavy atom. The number of thioether (sulfide) groups is 1. The van der Waals surface area contributed by atoms with Crippen LogP contribution < -0.4 is 5.11 Å². The Morgan fingerprint density at radius 1 is 1.70 bits per heavy atom. The highest BCUT2D eigenvalue weighted by Crippen LogP contribution is 2.48. The number of carboxylic acid groups (broad SMARTS) is 1. The van der Waals surface area contributed by atoms with E-state index in [9.17, 15) is 14.7 Å². The van der Waals surface area contributed by atoms with Gasteiger partial charge in [-0.2, -0.15) is 0 Å². The first kappa shape index (κ1) is 14.7. The average Bonchev–Trinajstić information content (AvgIpc) is 2.43. The normalized spacial score (nSPS) is 28.6. The number of fused-ring (bicyclic) bond motifs is 1. The van der Waals surface area contributed by atoms with E-state index < -0.39 is 23.0 Å². The van der Waals surface area contributed by atoms with Crippen molar-refractivity contribution in [3.8, 4) is 0 Å². The van der Waals surface area contributed by atoms with Gasteiger partial charge in [0.1, 0.15) is 5.37 Å². The third-order valence-corrected chi connectivity index (χ3v) is 4.46. The van der Waals surface area contributed by atoms with Crippen LogP contribution in [0.5, 0.6) is 0 Å². The van der Waals surface area contributed by atoms with Crippen LogP contribution in [-0.2, 0) is 19.1 Å². The van der Waals surface area contributed by atoms with Gasteiger partial charge in [0, 0.05) is 24.9 Å². The van der Waals surface area contributed by atoms with Gasteiger partial charge in [-0.15, -0.1) is 11.8 Å². The number of carboxylic acids is 1. The Kier molecular flexibility index (Phi) is 3.91. The molecule has 20 heavy (non-hydrogen) atoms. The van der Waals surface area contributed by atoms with Gasteiger partial charge in [0.25, 0.3) is 11.6 Å². The van der Waals surface area contributed by atoms with Crippen LogP contribution in [0.1, 0.15) is 0 Å². The second-order valence-electron chi connectivity index (χ2n) is 4.10. The SMILES string of the molecule is COCC1=C(C(=O)[O-])N2C(=O)[C@](N=[N+]=[N-])(OC)[C@H]2SC1. The molecule has 0 bridgehead atoms. The predicted molar refractivity (Wildman–Crippen MR) is 65.9 cm³/mol. The minimum atomic E-state index is -1.70. The third-order valence-electron chi connectivity index (χ3n) is 3.10. The highest BCUT2D eigenvalue weighted by molar-refractivity contribution is 8.00. The molecule has 0 spiro atoms. The lowest BCUT2D eigenvalue weighted by Crippen LogP contribution is -2.74. The van der Waals surface area contributed by atoms with Gasteiger partial charge in [0.15, 0.2) is 0 Å². The van der Waals surface area contributed by atoms with Crippen molar-refractivity contribution in [3.05, 3.63) is 21.7 Å². The summed E-state index contributed by atoms with van der Waals surface area (Å²) in [6.45, 7) is 0.0777. The molecule has 2 atom stereocenters. The van der Waals surface area contributed by atoms with Crippen molar-refractivity contribution in [2.45, 2.75) is 11.1 Å². The molecule has 108 valence electrons. The number of ether oxygens (including phenoxy) is 2. The van der Waals surface area contributed by atoms with Gasteiger partial charge in [-0.1, -0.05) is 0 Å². The van der Waals surface area contributed by atoms with Gasteiger partial charge >= 0.3 is 0 Å². The zero-order valence-electron chi connectivity index (χ0n) is 10.7. The summed E-state index contributed by atoms with van der Waals surface area (Å²) in [5.74, 6) is -1.87. The summed E-state index contributed by atoms with van der Waals surface area (Å²) in [5.41, 5.74) is 7.06. The van der Waals surface area contributed by atoms with Crippen molar-refractivity contribution in [2.24, 2.45) is 5.11 Å². The van der Waals surface area contributed by atoms with E-state index in [1.807, 2.05) is 0 Å². The van der Waals surface area contributed by atoms with Crippen molar-refractivity contribution >= 4 is 23.6 Å². The van der Waals surface area contributed by atoms with Crippen LogP contribution in [0.3, 0.4) is 0 Å². The maximum absolute atomic E-state index is 12.2. The van der Waals surface area contributed by atoms with Gasteiger partial charge in [-0.25, -0.2) is 0 Å². The molecular formula is C10H11N4O5S-. The lowest BCUT2D eigenvalue weighted by molar-refractivity contribution is -0.302. The number of carbonyl (C=O) groups excluding carboxylic acids is 2. The number of hydrogen-bond acceptors (Lipinski definition) is 7. The van der Waals surface area contributed by atoms with Crippen LogP contribution in [0.15, 0.2) is 16.4 Å². The molecule has 2 rings (SSSR count). The topological polar surface area (TPSA) is 128 Å². The van der Waals surface area contributed by atoms with Crippen LogP contribution in [0.2, 0.25) is 0 Å². The zero-order chi connectivity index (χ0) is 14.9. The van der Waals surface area contributed by atoms with Gasteiger partial charge in [0.05, 0.1) is 18.3 Å². The number of β-lactam (4-membered cyclic amide) rings is 1.